The van der Waals surface area contributed by atoms with Crippen LogP contribution >= 0.6 is 12.2 Å². The average molecular weight is 410 g/mol. The standard InChI is InChI=1S/C19H21F3N4OS/c20-19(21,22)15-12-16(27-14-10-6-3-7-11-14)25-17(24-15)26-18(28)23-13-8-4-1-2-5-9-13/h3,6-7,10-13H,1-2,4-5,8-9H2,(H2,23,24,25,26,28). The largest absolute Gasteiger partial charge is 0.439 e. The first kappa shape index (κ1) is 20.3. The molecule has 2 N–H and O–H groups in total. The number of ether oxygens (including phenoxy) is 1. The molecule has 9 heteroatoms. The Morgan fingerprint density at radius 2 is 1.71 bits per heavy atom. The fraction of sp³-hybridized carbons (Fsp3) is 0.421. The van der Waals surface area contributed by atoms with E-state index in [4.69, 9.17) is 17.0 Å². The molecule has 1 aliphatic rings. The summed E-state index contributed by atoms with van der Waals surface area (Å²) >= 11 is 5.25. The molecule has 150 valence electrons. The van der Waals surface area contributed by atoms with Crippen LogP contribution in [0.4, 0.5) is 19.1 Å². The molecule has 0 radical (unpaired) electrons. The number of para-hydroxylation sites is 1. The quantitative estimate of drug-likeness (QED) is 0.527. The van der Waals surface area contributed by atoms with Crippen molar-refractivity contribution in [1.82, 2.24) is 15.3 Å². The van der Waals surface area contributed by atoms with Crippen LogP contribution in [0.2, 0.25) is 0 Å². The van der Waals surface area contributed by atoms with Crippen molar-refractivity contribution >= 4 is 23.3 Å². The summed E-state index contributed by atoms with van der Waals surface area (Å²) in [6.07, 6.45) is 1.92. The van der Waals surface area contributed by atoms with E-state index in [0.29, 0.717) is 5.75 Å². The summed E-state index contributed by atoms with van der Waals surface area (Å²) in [6.45, 7) is 0. The van der Waals surface area contributed by atoms with Gasteiger partial charge in [0.05, 0.1) is 0 Å². The summed E-state index contributed by atoms with van der Waals surface area (Å²) in [5, 5.41) is 6.02. The Hall–Kier alpha value is -2.42. The maximum atomic E-state index is 13.2. The van der Waals surface area contributed by atoms with Crippen molar-refractivity contribution in [3.05, 3.63) is 42.1 Å². The first-order valence-electron chi connectivity index (χ1n) is 9.17. The third-order valence-corrected chi connectivity index (χ3v) is 4.59. The van der Waals surface area contributed by atoms with Crippen molar-refractivity contribution in [3.8, 4) is 11.6 Å². The summed E-state index contributed by atoms with van der Waals surface area (Å²) in [5.74, 6) is -0.0976. The molecule has 1 fully saturated rings. The molecule has 1 saturated carbocycles. The number of benzene rings is 1. The summed E-state index contributed by atoms with van der Waals surface area (Å²) in [6, 6.07) is 9.42. The second kappa shape index (κ2) is 9.18. The van der Waals surface area contributed by atoms with Crippen LogP contribution in [-0.4, -0.2) is 21.1 Å². The lowest BCUT2D eigenvalue weighted by molar-refractivity contribution is -0.141. The number of thiocarbonyl (C=S) groups is 1. The van der Waals surface area contributed by atoms with Crippen molar-refractivity contribution < 1.29 is 17.9 Å². The second-order valence-corrected chi connectivity index (χ2v) is 7.02. The van der Waals surface area contributed by atoms with E-state index in [1.807, 2.05) is 0 Å². The Morgan fingerprint density at radius 3 is 2.36 bits per heavy atom. The number of nitrogens with zero attached hydrogens (tertiary/aromatic N) is 2. The van der Waals surface area contributed by atoms with Crippen LogP contribution in [0.25, 0.3) is 0 Å². The van der Waals surface area contributed by atoms with Gasteiger partial charge in [-0.3, -0.25) is 0 Å². The minimum absolute atomic E-state index is 0.202. The maximum absolute atomic E-state index is 13.2. The molecule has 0 unspecified atom stereocenters. The monoisotopic (exact) mass is 410 g/mol. The second-order valence-electron chi connectivity index (χ2n) is 6.61. The number of hydrogen-bond donors (Lipinski definition) is 2. The molecule has 0 amide bonds. The van der Waals surface area contributed by atoms with Crippen molar-refractivity contribution in [3.63, 3.8) is 0 Å². The van der Waals surface area contributed by atoms with Crippen molar-refractivity contribution in [2.45, 2.75) is 50.7 Å². The molecule has 1 aromatic heterocycles. The number of anilines is 1. The highest BCUT2D eigenvalue weighted by molar-refractivity contribution is 7.80. The van der Waals surface area contributed by atoms with E-state index in [9.17, 15) is 13.2 Å². The van der Waals surface area contributed by atoms with E-state index in [2.05, 4.69) is 20.6 Å². The number of aromatic nitrogens is 2. The van der Waals surface area contributed by atoms with Gasteiger partial charge in [-0.2, -0.15) is 18.2 Å². The molecule has 2 aromatic rings. The molecular formula is C19H21F3N4OS. The first-order chi connectivity index (χ1) is 13.4. The molecular weight excluding hydrogens is 389 g/mol. The Morgan fingerprint density at radius 1 is 1.04 bits per heavy atom. The van der Waals surface area contributed by atoms with Gasteiger partial charge in [-0.25, -0.2) is 4.98 Å². The van der Waals surface area contributed by atoms with E-state index in [1.54, 1.807) is 30.3 Å². The molecule has 1 aromatic carbocycles. The number of alkyl halides is 3. The summed E-state index contributed by atoms with van der Waals surface area (Å²) in [7, 11) is 0. The Kier molecular flexibility index (Phi) is 6.66. The highest BCUT2D eigenvalue weighted by Crippen LogP contribution is 2.31. The Balaban J connectivity index is 1.75. The van der Waals surface area contributed by atoms with Crippen LogP contribution in [0.15, 0.2) is 36.4 Å². The fourth-order valence-corrected chi connectivity index (χ4v) is 3.29. The molecule has 5 nitrogen and oxygen atoms in total. The van der Waals surface area contributed by atoms with Gasteiger partial charge in [0.2, 0.25) is 11.8 Å². The number of halogens is 3. The minimum Gasteiger partial charge on any atom is -0.439 e. The molecule has 0 spiro atoms. The van der Waals surface area contributed by atoms with Crippen LogP contribution in [0.3, 0.4) is 0 Å². The minimum atomic E-state index is -4.63. The van der Waals surface area contributed by atoms with E-state index >= 15 is 0 Å². The molecule has 1 aliphatic carbocycles. The summed E-state index contributed by atoms with van der Waals surface area (Å²) in [5.41, 5.74) is -1.10. The van der Waals surface area contributed by atoms with E-state index in [-0.39, 0.29) is 23.0 Å². The van der Waals surface area contributed by atoms with Crippen molar-refractivity contribution in [2.75, 3.05) is 5.32 Å². The van der Waals surface area contributed by atoms with Crippen LogP contribution in [-0.2, 0) is 6.18 Å². The fourth-order valence-electron chi connectivity index (χ4n) is 3.03. The van der Waals surface area contributed by atoms with Gasteiger partial charge in [0.15, 0.2) is 10.8 Å². The summed E-state index contributed by atoms with van der Waals surface area (Å²) in [4.78, 5) is 7.57. The first-order valence-corrected chi connectivity index (χ1v) is 9.58. The lowest BCUT2D eigenvalue weighted by atomic mass is 10.1. The van der Waals surface area contributed by atoms with Gasteiger partial charge in [0.1, 0.15) is 5.75 Å². The lowest BCUT2D eigenvalue weighted by Crippen LogP contribution is -2.37. The Labute approximate surface area is 166 Å². The summed E-state index contributed by atoms with van der Waals surface area (Å²) < 4.78 is 45.1. The molecule has 1 heterocycles. The van der Waals surface area contributed by atoms with Gasteiger partial charge >= 0.3 is 6.18 Å². The lowest BCUT2D eigenvalue weighted by Gasteiger charge is -2.19. The number of nitrogens with one attached hydrogen (secondary N) is 2. The normalized spacial score (nSPS) is 15.5. The van der Waals surface area contributed by atoms with E-state index in [1.165, 1.54) is 12.8 Å². The molecule has 0 bridgehead atoms. The number of rotatable bonds is 4. The van der Waals surface area contributed by atoms with Crippen molar-refractivity contribution in [2.24, 2.45) is 0 Å². The van der Waals surface area contributed by atoms with Gasteiger partial charge in [-0.1, -0.05) is 43.9 Å². The third-order valence-electron chi connectivity index (χ3n) is 4.37. The third kappa shape index (κ3) is 6.05. The van der Waals surface area contributed by atoms with Gasteiger partial charge in [0.25, 0.3) is 0 Å². The van der Waals surface area contributed by atoms with Crippen LogP contribution in [0, 0.1) is 0 Å². The topological polar surface area (TPSA) is 59.1 Å². The van der Waals surface area contributed by atoms with E-state index in [0.717, 1.165) is 31.7 Å². The molecule has 0 aliphatic heterocycles. The Bertz CT molecular complexity index is 794. The van der Waals surface area contributed by atoms with Gasteiger partial charge < -0.3 is 15.4 Å². The van der Waals surface area contributed by atoms with Crippen LogP contribution in [0.1, 0.15) is 44.2 Å². The molecule has 0 atom stereocenters. The predicted octanol–water partition coefficient (Wildman–Crippen LogP) is 5.30. The maximum Gasteiger partial charge on any atom is 0.433 e. The van der Waals surface area contributed by atoms with Crippen molar-refractivity contribution in [1.29, 1.82) is 0 Å². The molecule has 3 rings (SSSR count). The highest BCUT2D eigenvalue weighted by Gasteiger charge is 2.34. The zero-order valence-corrected chi connectivity index (χ0v) is 15.9. The van der Waals surface area contributed by atoms with Crippen LogP contribution < -0.4 is 15.4 Å². The zero-order chi connectivity index (χ0) is 20.0. The smallest absolute Gasteiger partial charge is 0.433 e. The zero-order valence-electron chi connectivity index (χ0n) is 15.1. The molecule has 28 heavy (non-hydrogen) atoms. The van der Waals surface area contributed by atoms with Gasteiger partial charge in [-0.15, -0.1) is 0 Å². The SMILES string of the molecule is FC(F)(F)c1cc(Oc2ccccc2)nc(NC(=S)NC2CCCCCC2)n1. The van der Waals surface area contributed by atoms with Gasteiger partial charge in [-0.05, 0) is 37.2 Å². The van der Waals surface area contributed by atoms with Gasteiger partial charge in [0, 0.05) is 12.1 Å². The molecule has 0 saturated heterocycles. The van der Waals surface area contributed by atoms with Crippen LogP contribution in [0.5, 0.6) is 11.6 Å². The number of hydrogen-bond acceptors (Lipinski definition) is 4. The predicted molar refractivity (Wildman–Crippen MR) is 104 cm³/mol. The average Bonchev–Trinajstić information content (AvgIpc) is 2.90. The highest BCUT2D eigenvalue weighted by atomic mass is 32.1. The van der Waals surface area contributed by atoms with E-state index < -0.39 is 11.9 Å².